The van der Waals surface area contributed by atoms with Crippen molar-refractivity contribution >= 4 is 38.7 Å². The molecule has 2 rings (SSSR count). The molecule has 148 valence electrons. The van der Waals surface area contributed by atoms with Crippen LogP contribution in [0, 0.1) is 5.92 Å². The van der Waals surface area contributed by atoms with E-state index < -0.39 is 18.1 Å². The first-order chi connectivity index (χ1) is 12.8. The number of carbonyl (C=O) groups is 2. The van der Waals surface area contributed by atoms with Gasteiger partial charge < -0.3 is 19.8 Å². The summed E-state index contributed by atoms with van der Waals surface area (Å²) in [6.07, 6.45) is 2.42. The van der Waals surface area contributed by atoms with Crippen LogP contribution in [-0.2, 0) is 25.5 Å². The van der Waals surface area contributed by atoms with Gasteiger partial charge in [0.05, 0.1) is 7.11 Å². The van der Waals surface area contributed by atoms with Crippen molar-refractivity contribution in [2.75, 3.05) is 13.7 Å². The molecule has 2 aromatic rings. The average molecular weight is 439 g/mol. The summed E-state index contributed by atoms with van der Waals surface area (Å²) in [5.74, 6) is -0.304. The van der Waals surface area contributed by atoms with Crippen LogP contribution in [0.15, 0.2) is 28.9 Å². The van der Waals surface area contributed by atoms with E-state index in [4.69, 9.17) is 9.47 Å². The van der Waals surface area contributed by atoms with E-state index in [0.29, 0.717) is 18.9 Å². The molecule has 0 aliphatic carbocycles. The highest BCUT2D eigenvalue weighted by Crippen LogP contribution is 2.24. The van der Waals surface area contributed by atoms with Crippen molar-refractivity contribution in [2.24, 2.45) is 5.92 Å². The molecule has 27 heavy (non-hydrogen) atoms. The molecule has 2 N–H and O–H groups in total. The van der Waals surface area contributed by atoms with Crippen LogP contribution in [0.2, 0.25) is 0 Å². The summed E-state index contributed by atoms with van der Waals surface area (Å²) in [6, 6.07) is 5.10. The second kappa shape index (κ2) is 9.90. The zero-order chi connectivity index (χ0) is 20.0. The quantitative estimate of drug-likeness (QED) is 0.586. The van der Waals surface area contributed by atoms with E-state index in [1.54, 1.807) is 6.92 Å². The van der Waals surface area contributed by atoms with Crippen LogP contribution in [0.3, 0.4) is 0 Å². The molecule has 0 fully saturated rings. The first kappa shape index (κ1) is 21.4. The number of hydrogen-bond acceptors (Lipinski definition) is 4. The number of hydrogen-bond donors (Lipinski definition) is 2. The molecule has 1 heterocycles. The van der Waals surface area contributed by atoms with E-state index in [1.807, 2.05) is 24.4 Å². The number of rotatable bonds is 9. The molecule has 0 spiro atoms. The van der Waals surface area contributed by atoms with Crippen molar-refractivity contribution in [3.05, 3.63) is 34.4 Å². The Morgan fingerprint density at radius 1 is 1.26 bits per heavy atom. The second-order valence-corrected chi connectivity index (χ2v) is 7.90. The maximum Gasteiger partial charge on any atom is 0.328 e. The number of esters is 1. The molecule has 1 aromatic carbocycles. The standard InChI is InChI=1S/C20H27BrN2O4/c1-12(2)7-8-27-13(3)19(24)23-18(20(25)26-4)9-14-11-22-17-6-5-15(21)10-16(14)17/h5-6,10-13,18,22H,7-9H2,1-4H3,(H,23,24). The second-order valence-electron chi connectivity index (χ2n) is 6.99. The highest BCUT2D eigenvalue weighted by atomic mass is 79.9. The van der Waals surface area contributed by atoms with Crippen molar-refractivity contribution < 1.29 is 19.1 Å². The van der Waals surface area contributed by atoms with Crippen molar-refractivity contribution in [3.8, 4) is 0 Å². The summed E-state index contributed by atoms with van der Waals surface area (Å²) in [7, 11) is 1.32. The molecule has 1 aromatic heterocycles. The Hall–Kier alpha value is -1.86. The number of ether oxygens (including phenoxy) is 2. The number of aromatic nitrogens is 1. The van der Waals surface area contributed by atoms with E-state index in [-0.39, 0.29) is 5.91 Å². The van der Waals surface area contributed by atoms with E-state index in [1.165, 1.54) is 7.11 Å². The predicted molar refractivity (Wildman–Crippen MR) is 109 cm³/mol. The number of nitrogens with one attached hydrogen (secondary N) is 2. The van der Waals surface area contributed by atoms with Crippen LogP contribution >= 0.6 is 15.9 Å². The molecule has 0 saturated carbocycles. The van der Waals surface area contributed by atoms with Crippen molar-refractivity contribution in [3.63, 3.8) is 0 Å². The SMILES string of the molecule is COC(=O)C(Cc1c[nH]c2ccc(Br)cc12)NC(=O)C(C)OCCC(C)C. The van der Waals surface area contributed by atoms with Crippen molar-refractivity contribution in [2.45, 2.75) is 45.8 Å². The van der Waals surface area contributed by atoms with Gasteiger partial charge in [-0.05, 0) is 43.0 Å². The van der Waals surface area contributed by atoms with Gasteiger partial charge in [0.2, 0.25) is 5.91 Å². The number of carbonyl (C=O) groups excluding carboxylic acids is 2. The smallest absolute Gasteiger partial charge is 0.328 e. The molecule has 6 nitrogen and oxygen atoms in total. The molecule has 0 saturated heterocycles. The van der Waals surface area contributed by atoms with Gasteiger partial charge in [-0.2, -0.15) is 0 Å². The van der Waals surface area contributed by atoms with Gasteiger partial charge >= 0.3 is 5.97 Å². The van der Waals surface area contributed by atoms with Gasteiger partial charge in [-0.25, -0.2) is 4.79 Å². The van der Waals surface area contributed by atoms with Crippen LogP contribution in [0.1, 0.15) is 32.8 Å². The number of methoxy groups -OCH3 is 1. The third kappa shape index (κ3) is 6.07. The van der Waals surface area contributed by atoms with Crippen molar-refractivity contribution in [1.82, 2.24) is 10.3 Å². The number of H-pyrrole nitrogens is 1. The lowest BCUT2D eigenvalue weighted by Gasteiger charge is -2.20. The summed E-state index contributed by atoms with van der Waals surface area (Å²) in [4.78, 5) is 27.8. The number of amides is 1. The molecule has 2 atom stereocenters. The van der Waals surface area contributed by atoms with Gasteiger partial charge in [0, 0.05) is 34.6 Å². The van der Waals surface area contributed by atoms with Crippen LogP contribution in [0.5, 0.6) is 0 Å². The lowest BCUT2D eigenvalue weighted by Crippen LogP contribution is -2.47. The maximum absolute atomic E-state index is 12.4. The highest BCUT2D eigenvalue weighted by molar-refractivity contribution is 9.10. The fourth-order valence-corrected chi connectivity index (χ4v) is 3.08. The van der Waals surface area contributed by atoms with Crippen molar-refractivity contribution in [1.29, 1.82) is 0 Å². The van der Waals surface area contributed by atoms with Gasteiger partial charge in [0.1, 0.15) is 12.1 Å². The van der Waals surface area contributed by atoms with E-state index in [9.17, 15) is 9.59 Å². The van der Waals surface area contributed by atoms with Gasteiger partial charge in [-0.3, -0.25) is 4.79 Å². The normalized spacial score (nSPS) is 13.6. The minimum absolute atomic E-state index is 0.324. The Kier molecular flexibility index (Phi) is 7.86. The zero-order valence-electron chi connectivity index (χ0n) is 16.2. The molecule has 0 radical (unpaired) electrons. The summed E-state index contributed by atoms with van der Waals surface area (Å²) in [6.45, 7) is 6.39. The minimum atomic E-state index is -0.781. The Balaban J connectivity index is 2.07. The Bertz CT molecular complexity index is 787. The van der Waals surface area contributed by atoms with E-state index in [0.717, 1.165) is 27.4 Å². The number of fused-ring (bicyclic) bond motifs is 1. The maximum atomic E-state index is 12.4. The molecule has 1 amide bonds. The molecule has 7 heteroatoms. The molecule has 0 aliphatic rings. The van der Waals surface area contributed by atoms with Crippen LogP contribution in [0.4, 0.5) is 0 Å². The predicted octanol–water partition coefficient (Wildman–Crippen LogP) is 3.58. The molecular weight excluding hydrogens is 412 g/mol. The lowest BCUT2D eigenvalue weighted by atomic mass is 10.0. The third-order valence-corrected chi connectivity index (χ3v) is 4.88. The fourth-order valence-electron chi connectivity index (χ4n) is 2.72. The summed E-state index contributed by atoms with van der Waals surface area (Å²) < 4.78 is 11.4. The minimum Gasteiger partial charge on any atom is -0.467 e. The van der Waals surface area contributed by atoms with Gasteiger partial charge in [-0.1, -0.05) is 29.8 Å². The highest BCUT2D eigenvalue weighted by Gasteiger charge is 2.26. The first-order valence-corrected chi connectivity index (χ1v) is 9.86. The average Bonchev–Trinajstić information content (AvgIpc) is 3.01. The lowest BCUT2D eigenvalue weighted by molar-refractivity contribution is -0.146. The molecular formula is C20H27BrN2O4. The first-order valence-electron chi connectivity index (χ1n) is 9.07. The Morgan fingerprint density at radius 3 is 2.67 bits per heavy atom. The monoisotopic (exact) mass is 438 g/mol. The largest absolute Gasteiger partial charge is 0.467 e. The number of aromatic amines is 1. The Morgan fingerprint density at radius 2 is 2.00 bits per heavy atom. The van der Waals surface area contributed by atoms with Crippen LogP contribution < -0.4 is 5.32 Å². The number of benzene rings is 1. The third-order valence-electron chi connectivity index (χ3n) is 4.39. The van der Waals surface area contributed by atoms with Crippen LogP contribution in [-0.4, -0.2) is 42.7 Å². The summed E-state index contributed by atoms with van der Waals surface area (Å²) in [5.41, 5.74) is 1.89. The van der Waals surface area contributed by atoms with Gasteiger partial charge in [0.25, 0.3) is 0 Å². The summed E-state index contributed by atoms with van der Waals surface area (Å²) in [5, 5.41) is 3.75. The van der Waals surface area contributed by atoms with E-state index >= 15 is 0 Å². The van der Waals surface area contributed by atoms with Gasteiger partial charge in [0.15, 0.2) is 0 Å². The Labute approximate surface area is 168 Å². The topological polar surface area (TPSA) is 80.4 Å². The van der Waals surface area contributed by atoms with E-state index in [2.05, 4.69) is 40.1 Å². The zero-order valence-corrected chi connectivity index (χ0v) is 17.8. The van der Waals surface area contributed by atoms with Crippen LogP contribution in [0.25, 0.3) is 10.9 Å². The summed E-state index contributed by atoms with van der Waals surface area (Å²) >= 11 is 3.46. The van der Waals surface area contributed by atoms with Gasteiger partial charge in [-0.15, -0.1) is 0 Å². The fraction of sp³-hybridized carbons (Fsp3) is 0.500. The molecule has 2 unspecified atom stereocenters. The number of halogens is 1. The molecule has 0 aliphatic heterocycles. The molecule has 0 bridgehead atoms.